The minimum atomic E-state index is -0.409. The summed E-state index contributed by atoms with van der Waals surface area (Å²) in [6.07, 6.45) is 3.03. The van der Waals surface area contributed by atoms with Crippen molar-refractivity contribution in [2.24, 2.45) is 0 Å². The van der Waals surface area contributed by atoms with Gasteiger partial charge in [-0.1, -0.05) is 11.8 Å². The van der Waals surface area contributed by atoms with E-state index in [0.29, 0.717) is 22.2 Å². The summed E-state index contributed by atoms with van der Waals surface area (Å²) in [5, 5.41) is 8.05. The van der Waals surface area contributed by atoms with Crippen LogP contribution in [-0.2, 0) is 10.5 Å². The fourth-order valence-corrected chi connectivity index (χ4v) is 2.11. The summed E-state index contributed by atoms with van der Waals surface area (Å²) in [6, 6.07) is 3.35. The molecular formula is C10H11N5O2S. The second-order valence-corrected chi connectivity index (χ2v) is 4.24. The van der Waals surface area contributed by atoms with Gasteiger partial charge in [-0.15, -0.1) is 10.2 Å². The van der Waals surface area contributed by atoms with Crippen LogP contribution in [0.4, 0.5) is 0 Å². The van der Waals surface area contributed by atoms with E-state index in [1.165, 1.54) is 29.9 Å². The van der Waals surface area contributed by atoms with E-state index in [1.54, 1.807) is 18.3 Å². The molecule has 0 aliphatic heterocycles. The molecule has 7 nitrogen and oxygen atoms in total. The van der Waals surface area contributed by atoms with Crippen molar-refractivity contribution >= 4 is 17.7 Å². The van der Waals surface area contributed by atoms with Gasteiger partial charge in [-0.25, -0.2) is 9.47 Å². The Morgan fingerprint density at radius 3 is 3.11 bits per heavy atom. The third-order valence-corrected chi connectivity index (χ3v) is 3.14. The molecule has 0 spiro atoms. The van der Waals surface area contributed by atoms with Crippen molar-refractivity contribution in [1.29, 1.82) is 0 Å². The van der Waals surface area contributed by atoms with Crippen molar-refractivity contribution in [3.05, 3.63) is 35.9 Å². The van der Waals surface area contributed by atoms with Gasteiger partial charge in [-0.3, -0.25) is 4.98 Å². The molecule has 0 amide bonds. The van der Waals surface area contributed by atoms with Crippen molar-refractivity contribution < 1.29 is 9.53 Å². The van der Waals surface area contributed by atoms with Crippen LogP contribution in [0.5, 0.6) is 0 Å². The average molecular weight is 265 g/mol. The van der Waals surface area contributed by atoms with Crippen LogP contribution < -0.4 is 5.84 Å². The van der Waals surface area contributed by atoms with Gasteiger partial charge in [0.2, 0.25) is 5.16 Å². The highest BCUT2D eigenvalue weighted by atomic mass is 32.2. The van der Waals surface area contributed by atoms with Crippen LogP contribution in [0.1, 0.15) is 16.1 Å². The molecule has 0 aromatic carbocycles. The second-order valence-electron chi connectivity index (χ2n) is 3.30. The minimum Gasteiger partial charge on any atom is -0.465 e. The van der Waals surface area contributed by atoms with Gasteiger partial charge in [0, 0.05) is 11.9 Å². The van der Waals surface area contributed by atoms with E-state index in [-0.39, 0.29) is 0 Å². The van der Waals surface area contributed by atoms with Crippen LogP contribution in [0.2, 0.25) is 0 Å². The van der Waals surface area contributed by atoms with Gasteiger partial charge in [-0.2, -0.15) is 0 Å². The lowest BCUT2D eigenvalue weighted by Gasteiger charge is -2.05. The van der Waals surface area contributed by atoms with E-state index < -0.39 is 5.97 Å². The summed E-state index contributed by atoms with van der Waals surface area (Å²) in [5.41, 5.74) is 1.06. The van der Waals surface area contributed by atoms with Crippen molar-refractivity contribution in [2.45, 2.75) is 10.9 Å². The Balaban J connectivity index is 2.14. The Morgan fingerprint density at radius 1 is 1.61 bits per heavy atom. The van der Waals surface area contributed by atoms with Crippen LogP contribution in [0, 0.1) is 0 Å². The van der Waals surface area contributed by atoms with Gasteiger partial charge >= 0.3 is 5.97 Å². The Morgan fingerprint density at radius 2 is 2.44 bits per heavy atom. The molecule has 0 aliphatic rings. The van der Waals surface area contributed by atoms with E-state index in [2.05, 4.69) is 15.2 Å². The maximum absolute atomic E-state index is 11.5. The van der Waals surface area contributed by atoms with Crippen LogP contribution in [0.15, 0.2) is 29.8 Å². The number of nitrogens with two attached hydrogens (primary N) is 1. The fourth-order valence-electron chi connectivity index (χ4n) is 1.32. The molecule has 2 aromatic heterocycles. The van der Waals surface area contributed by atoms with Gasteiger partial charge < -0.3 is 10.6 Å². The number of hydrogen-bond acceptors (Lipinski definition) is 7. The smallest absolute Gasteiger partial charge is 0.339 e. The Hall–Kier alpha value is -2.09. The number of nitrogens with zero attached hydrogens (tertiary/aromatic N) is 4. The third kappa shape index (κ3) is 2.59. The number of carbonyl (C=O) groups excluding carboxylic acids is 1. The first kappa shape index (κ1) is 12.4. The van der Waals surface area contributed by atoms with E-state index in [1.807, 2.05) is 0 Å². The molecule has 94 valence electrons. The first-order valence-corrected chi connectivity index (χ1v) is 6.01. The maximum Gasteiger partial charge on any atom is 0.339 e. The third-order valence-electron chi connectivity index (χ3n) is 2.17. The standard InChI is InChI=1S/C10H11N5O2S/c1-17-9(16)7-3-2-4-12-8(7)5-18-10-14-13-6-15(10)11/h2-4,6H,5,11H2,1H3. The van der Waals surface area contributed by atoms with Crippen molar-refractivity contribution in [1.82, 2.24) is 19.9 Å². The van der Waals surface area contributed by atoms with Crippen LogP contribution >= 0.6 is 11.8 Å². The summed E-state index contributed by atoms with van der Waals surface area (Å²) in [6.45, 7) is 0. The van der Waals surface area contributed by atoms with Gasteiger partial charge in [-0.05, 0) is 12.1 Å². The number of thioether (sulfide) groups is 1. The fraction of sp³-hybridized carbons (Fsp3) is 0.200. The average Bonchev–Trinajstić information content (AvgIpc) is 2.81. The molecule has 2 aromatic rings. The number of methoxy groups -OCH3 is 1. The largest absolute Gasteiger partial charge is 0.465 e. The predicted octanol–water partition coefficient (Wildman–Crippen LogP) is 0.466. The topological polar surface area (TPSA) is 95.9 Å². The Kier molecular flexibility index (Phi) is 3.78. The van der Waals surface area contributed by atoms with E-state index in [0.717, 1.165) is 0 Å². The number of rotatable bonds is 4. The van der Waals surface area contributed by atoms with Crippen LogP contribution in [0.3, 0.4) is 0 Å². The Bertz CT molecular complexity index is 557. The summed E-state index contributed by atoms with van der Waals surface area (Å²) < 4.78 is 6.00. The zero-order chi connectivity index (χ0) is 13.0. The number of carbonyl (C=O) groups is 1. The number of esters is 1. The number of nitrogen functional groups attached to an aromatic ring is 1. The molecule has 2 N–H and O–H groups in total. The molecule has 0 saturated carbocycles. The highest BCUT2D eigenvalue weighted by Crippen LogP contribution is 2.20. The molecule has 2 heterocycles. The first-order valence-electron chi connectivity index (χ1n) is 5.02. The van der Waals surface area contributed by atoms with Crippen molar-refractivity contribution in [3.63, 3.8) is 0 Å². The number of aromatic nitrogens is 4. The number of pyridine rings is 1. The predicted molar refractivity (Wildman–Crippen MR) is 65.3 cm³/mol. The molecule has 0 radical (unpaired) electrons. The molecule has 0 unspecified atom stereocenters. The molecule has 0 bridgehead atoms. The molecule has 2 rings (SSSR count). The lowest BCUT2D eigenvalue weighted by Crippen LogP contribution is -2.09. The molecular weight excluding hydrogens is 254 g/mol. The summed E-state index contributed by atoms with van der Waals surface area (Å²) >= 11 is 1.34. The van der Waals surface area contributed by atoms with Gasteiger partial charge in [0.15, 0.2) is 0 Å². The van der Waals surface area contributed by atoms with E-state index in [4.69, 9.17) is 10.6 Å². The SMILES string of the molecule is COC(=O)c1cccnc1CSc1nncn1N. The quantitative estimate of drug-likeness (QED) is 0.487. The lowest BCUT2D eigenvalue weighted by molar-refractivity contribution is 0.0599. The van der Waals surface area contributed by atoms with Crippen molar-refractivity contribution in [3.8, 4) is 0 Å². The monoisotopic (exact) mass is 265 g/mol. The number of ether oxygens (including phenoxy) is 1. The molecule has 0 aliphatic carbocycles. The molecule has 0 fully saturated rings. The van der Waals surface area contributed by atoms with Gasteiger partial charge in [0.1, 0.15) is 6.33 Å². The molecule has 0 atom stereocenters. The van der Waals surface area contributed by atoms with E-state index in [9.17, 15) is 4.79 Å². The molecule has 18 heavy (non-hydrogen) atoms. The van der Waals surface area contributed by atoms with Crippen molar-refractivity contribution in [2.75, 3.05) is 13.0 Å². The Labute approximate surface area is 107 Å². The first-order chi connectivity index (χ1) is 8.72. The zero-order valence-corrected chi connectivity index (χ0v) is 10.4. The summed E-state index contributed by atoms with van der Waals surface area (Å²) in [4.78, 5) is 15.7. The highest BCUT2D eigenvalue weighted by Gasteiger charge is 2.13. The minimum absolute atomic E-state index is 0.409. The van der Waals surface area contributed by atoms with E-state index >= 15 is 0 Å². The molecule has 0 saturated heterocycles. The highest BCUT2D eigenvalue weighted by molar-refractivity contribution is 7.98. The molecule has 8 heteroatoms. The van der Waals surface area contributed by atoms with Gasteiger partial charge in [0.25, 0.3) is 0 Å². The lowest BCUT2D eigenvalue weighted by atomic mass is 10.2. The van der Waals surface area contributed by atoms with Gasteiger partial charge in [0.05, 0.1) is 18.4 Å². The zero-order valence-electron chi connectivity index (χ0n) is 9.61. The normalized spacial score (nSPS) is 10.3. The number of hydrogen-bond donors (Lipinski definition) is 1. The van der Waals surface area contributed by atoms with Crippen LogP contribution in [-0.4, -0.2) is 32.9 Å². The summed E-state index contributed by atoms with van der Waals surface area (Å²) in [5.74, 6) is 5.64. The summed E-state index contributed by atoms with van der Waals surface area (Å²) in [7, 11) is 1.34. The maximum atomic E-state index is 11.5. The van der Waals surface area contributed by atoms with Crippen LogP contribution in [0.25, 0.3) is 0 Å². The second kappa shape index (κ2) is 5.50.